The molecule has 2 amide bonds. The van der Waals surface area contributed by atoms with Gasteiger partial charge in [-0.25, -0.2) is 9.18 Å². The predicted octanol–water partition coefficient (Wildman–Crippen LogP) is 2.20. The average Bonchev–Trinajstić information content (AvgIpc) is 2.67. The summed E-state index contributed by atoms with van der Waals surface area (Å²) in [7, 11) is 0. The lowest BCUT2D eigenvalue weighted by molar-refractivity contribution is -0.177. The van der Waals surface area contributed by atoms with E-state index in [1.54, 1.807) is 0 Å². The van der Waals surface area contributed by atoms with Crippen LogP contribution < -0.4 is 0 Å². The van der Waals surface area contributed by atoms with Gasteiger partial charge in [0.1, 0.15) is 12.4 Å². The van der Waals surface area contributed by atoms with E-state index in [-0.39, 0.29) is 24.5 Å². The number of hydrogen-bond donors (Lipinski definition) is 0. The number of halogens is 2. The van der Waals surface area contributed by atoms with E-state index >= 15 is 0 Å². The van der Waals surface area contributed by atoms with Crippen LogP contribution in [0.2, 0.25) is 5.02 Å². The van der Waals surface area contributed by atoms with Crippen molar-refractivity contribution >= 4 is 29.6 Å². The fourth-order valence-electron chi connectivity index (χ4n) is 1.60. The minimum Gasteiger partial charge on any atom is -0.428 e. The minimum atomic E-state index is -1.23. The second kappa shape index (κ2) is 5.87. The molecule has 2 rings (SSSR count). The van der Waals surface area contributed by atoms with Crippen LogP contribution in [0.4, 0.5) is 9.18 Å². The molecule has 1 aliphatic heterocycles. The molecule has 0 bridgehead atoms. The molecule has 0 N–H and O–H groups in total. The molecule has 0 aliphatic carbocycles. The van der Waals surface area contributed by atoms with E-state index in [0.29, 0.717) is 10.6 Å². The molecule has 0 unspecified atom stereocenters. The van der Waals surface area contributed by atoms with Crippen molar-refractivity contribution in [2.75, 3.05) is 0 Å². The number of amides is 2. The van der Waals surface area contributed by atoms with Gasteiger partial charge in [-0.05, 0) is 23.8 Å². The number of imide groups is 1. The van der Waals surface area contributed by atoms with Gasteiger partial charge in [0, 0.05) is 17.9 Å². The molecule has 1 heterocycles. The lowest BCUT2D eigenvalue weighted by Gasteiger charge is -2.12. The van der Waals surface area contributed by atoms with E-state index < -0.39 is 23.8 Å². The molecule has 1 fully saturated rings. The first-order valence-electron chi connectivity index (χ1n) is 5.61. The van der Waals surface area contributed by atoms with Gasteiger partial charge in [-0.15, -0.1) is 0 Å². The molecule has 8 heteroatoms. The number of rotatable bonds is 3. The third kappa shape index (κ3) is 3.45. The first-order valence-corrected chi connectivity index (χ1v) is 5.99. The highest BCUT2D eigenvalue weighted by molar-refractivity contribution is 6.30. The van der Waals surface area contributed by atoms with Gasteiger partial charge in [0.15, 0.2) is 0 Å². The Labute approximate surface area is 118 Å². The van der Waals surface area contributed by atoms with Crippen molar-refractivity contribution in [3.8, 4) is 0 Å². The van der Waals surface area contributed by atoms with Crippen molar-refractivity contribution in [1.82, 2.24) is 5.06 Å². The maximum atomic E-state index is 13.0. The zero-order valence-electron chi connectivity index (χ0n) is 10.1. The Morgan fingerprint density at radius 3 is 2.50 bits per heavy atom. The maximum absolute atomic E-state index is 13.0. The number of nitrogens with zero attached hydrogens (tertiary/aromatic N) is 1. The third-order valence-corrected chi connectivity index (χ3v) is 2.67. The van der Waals surface area contributed by atoms with Crippen LogP contribution in [0.3, 0.4) is 0 Å². The first-order chi connectivity index (χ1) is 9.45. The van der Waals surface area contributed by atoms with Crippen molar-refractivity contribution in [1.29, 1.82) is 0 Å². The number of carbonyl (C=O) groups is 3. The van der Waals surface area contributed by atoms with Crippen LogP contribution in [0.5, 0.6) is 0 Å². The van der Waals surface area contributed by atoms with Crippen LogP contribution in [-0.4, -0.2) is 23.0 Å². The van der Waals surface area contributed by atoms with Crippen LogP contribution in [0, 0.1) is 5.82 Å². The molecule has 1 saturated heterocycles. The molecule has 0 aromatic heterocycles. The first kappa shape index (κ1) is 14.3. The molecular weight excluding hydrogens is 293 g/mol. The SMILES string of the molecule is O=C(OCc1cc(F)cc(Cl)c1)ON1C(=O)CCC1=O. The Morgan fingerprint density at radius 2 is 1.90 bits per heavy atom. The van der Waals surface area contributed by atoms with Crippen molar-refractivity contribution < 1.29 is 28.3 Å². The van der Waals surface area contributed by atoms with Gasteiger partial charge in [0.05, 0.1) is 0 Å². The van der Waals surface area contributed by atoms with Gasteiger partial charge >= 0.3 is 6.16 Å². The smallest absolute Gasteiger partial charge is 0.428 e. The zero-order valence-corrected chi connectivity index (χ0v) is 10.9. The highest BCUT2D eigenvalue weighted by Gasteiger charge is 2.33. The van der Waals surface area contributed by atoms with Crippen molar-refractivity contribution in [3.63, 3.8) is 0 Å². The van der Waals surface area contributed by atoms with Gasteiger partial charge in [-0.1, -0.05) is 16.7 Å². The molecule has 0 radical (unpaired) electrons. The number of hydrogen-bond acceptors (Lipinski definition) is 5. The summed E-state index contributed by atoms with van der Waals surface area (Å²) in [6.45, 7) is -0.299. The van der Waals surface area contributed by atoms with Gasteiger partial charge in [-0.3, -0.25) is 14.4 Å². The van der Waals surface area contributed by atoms with Crippen molar-refractivity contribution in [3.05, 3.63) is 34.6 Å². The van der Waals surface area contributed by atoms with E-state index in [9.17, 15) is 18.8 Å². The van der Waals surface area contributed by atoms with Gasteiger partial charge < -0.3 is 4.74 Å². The predicted molar refractivity (Wildman–Crippen MR) is 63.8 cm³/mol. The number of ether oxygens (including phenoxy) is 1. The van der Waals surface area contributed by atoms with E-state index in [2.05, 4.69) is 9.57 Å². The van der Waals surface area contributed by atoms with Crippen LogP contribution >= 0.6 is 11.6 Å². The fourth-order valence-corrected chi connectivity index (χ4v) is 1.84. The lowest BCUT2D eigenvalue weighted by atomic mass is 10.2. The number of benzene rings is 1. The molecule has 1 aromatic carbocycles. The number of hydroxylamine groups is 2. The van der Waals surface area contributed by atoms with Crippen molar-refractivity contribution in [2.24, 2.45) is 0 Å². The fraction of sp³-hybridized carbons (Fsp3) is 0.250. The monoisotopic (exact) mass is 301 g/mol. The molecule has 0 atom stereocenters. The summed E-state index contributed by atoms with van der Waals surface area (Å²) in [6, 6.07) is 3.64. The largest absolute Gasteiger partial charge is 0.534 e. The topological polar surface area (TPSA) is 72.9 Å². The Kier molecular flexibility index (Phi) is 4.19. The summed E-state index contributed by atoms with van der Waals surface area (Å²) >= 11 is 5.63. The van der Waals surface area contributed by atoms with E-state index in [4.69, 9.17) is 11.6 Å². The average molecular weight is 302 g/mol. The molecule has 0 spiro atoms. The Bertz CT molecular complexity index is 541. The summed E-state index contributed by atoms with van der Waals surface area (Å²) in [5.41, 5.74) is 0.311. The summed E-state index contributed by atoms with van der Waals surface area (Å²) in [5.74, 6) is -1.80. The molecule has 106 valence electrons. The van der Waals surface area contributed by atoms with E-state index in [1.165, 1.54) is 6.07 Å². The minimum absolute atomic E-state index is 0.00832. The van der Waals surface area contributed by atoms with Crippen LogP contribution in [0.25, 0.3) is 0 Å². The van der Waals surface area contributed by atoms with Crippen LogP contribution in [0.15, 0.2) is 18.2 Å². The zero-order chi connectivity index (χ0) is 14.7. The van der Waals surface area contributed by atoms with Gasteiger partial charge in [0.25, 0.3) is 11.8 Å². The standard InChI is InChI=1S/C12H9ClFNO5/c13-8-3-7(4-9(14)5-8)6-19-12(18)20-15-10(16)1-2-11(15)17/h3-5H,1-2,6H2. The quantitative estimate of drug-likeness (QED) is 0.632. The Morgan fingerprint density at radius 1 is 1.25 bits per heavy atom. The van der Waals surface area contributed by atoms with Crippen molar-refractivity contribution in [2.45, 2.75) is 19.4 Å². The molecule has 1 aromatic rings. The molecule has 6 nitrogen and oxygen atoms in total. The normalized spacial score (nSPS) is 14.6. The van der Waals surface area contributed by atoms with Crippen LogP contribution in [-0.2, 0) is 25.8 Å². The van der Waals surface area contributed by atoms with Gasteiger partial charge in [-0.2, -0.15) is 0 Å². The summed E-state index contributed by atoms with van der Waals surface area (Å²) < 4.78 is 17.7. The Balaban J connectivity index is 1.89. The molecule has 1 aliphatic rings. The molecule has 20 heavy (non-hydrogen) atoms. The van der Waals surface area contributed by atoms with Gasteiger partial charge in [0.2, 0.25) is 0 Å². The molecule has 0 saturated carbocycles. The number of carbonyl (C=O) groups excluding carboxylic acids is 3. The summed E-state index contributed by atoms with van der Waals surface area (Å²) in [5, 5.41) is 0.516. The highest BCUT2D eigenvalue weighted by atomic mass is 35.5. The summed E-state index contributed by atoms with van der Waals surface area (Å²) in [4.78, 5) is 38.2. The lowest BCUT2D eigenvalue weighted by Crippen LogP contribution is -2.32. The third-order valence-electron chi connectivity index (χ3n) is 2.45. The van der Waals surface area contributed by atoms with E-state index in [0.717, 1.165) is 12.1 Å². The second-order valence-electron chi connectivity index (χ2n) is 3.99. The molecular formula is C12H9ClFNO5. The maximum Gasteiger partial charge on any atom is 0.534 e. The Hall–Kier alpha value is -2.15. The highest BCUT2D eigenvalue weighted by Crippen LogP contribution is 2.16. The summed E-state index contributed by atoms with van der Waals surface area (Å²) in [6.07, 6.45) is -1.24. The van der Waals surface area contributed by atoms with E-state index in [1.807, 2.05) is 0 Å². The van der Waals surface area contributed by atoms with Crippen LogP contribution in [0.1, 0.15) is 18.4 Å². The second-order valence-corrected chi connectivity index (χ2v) is 4.43.